The van der Waals surface area contributed by atoms with Crippen molar-refractivity contribution in [3.05, 3.63) is 13.2 Å². The monoisotopic (exact) mass is 153 g/mol. The van der Waals surface area contributed by atoms with Crippen molar-refractivity contribution in [2.45, 2.75) is 0 Å². The molecule has 0 saturated heterocycles. The van der Waals surface area contributed by atoms with Gasteiger partial charge in [0.15, 0.2) is 0 Å². The van der Waals surface area contributed by atoms with Crippen LogP contribution in [-0.2, 0) is 0 Å². The molecule has 0 aromatic rings. The summed E-state index contributed by atoms with van der Waals surface area (Å²) in [5.74, 6) is 0. The van der Waals surface area contributed by atoms with Crippen LogP contribution < -0.4 is 6.15 Å². The summed E-state index contributed by atoms with van der Waals surface area (Å²) in [6, 6.07) is 0. The average Bonchev–Trinajstić information content (AvgIpc) is 1.00. The van der Waals surface area contributed by atoms with Gasteiger partial charge in [-0.2, -0.15) is 0 Å². The summed E-state index contributed by atoms with van der Waals surface area (Å²) in [5.41, 5.74) is 0. The van der Waals surface area contributed by atoms with Gasteiger partial charge in [-0.1, -0.05) is 0 Å². The van der Waals surface area contributed by atoms with Gasteiger partial charge in [0.1, 0.15) is 0 Å². The van der Waals surface area contributed by atoms with E-state index in [1.54, 1.807) is 0 Å². The van der Waals surface area contributed by atoms with Crippen LogP contribution >= 0.6 is 37.2 Å². The van der Waals surface area contributed by atoms with Crippen LogP contribution in [0.1, 0.15) is 0 Å². The molecule has 44 valence electrons. The van der Waals surface area contributed by atoms with E-state index in [4.69, 9.17) is 0 Å². The minimum absolute atomic E-state index is 0. The van der Waals surface area contributed by atoms with Crippen LogP contribution in [0.25, 0.3) is 0 Å². The number of hydrogen-bond acceptors (Lipinski definition) is 1. The third-order valence-corrected chi connectivity index (χ3v) is 0. The lowest BCUT2D eigenvalue weighted by Gasteiger charge is -0.813. The maximum atomic E-state index is 3.00. The summed E-state index contributed by atoms with van der Waals surface area (Å²) < 4.78 is 0. The molecule has 1 nitrogen and oxygen atoms in total. The van der Waals surface area contributed by atoms with Gasteiger partial charge in [-0.15, -0.1) is 50.4 Å². The third-order valence-electron chi connectivity index (χ3n) is 0. The molecule has 0 saturated carbocycles. The molecule has 3 N–H and O–H groups in total. The lowest BCUT2D eigenvalue weighted by Crippen LogP contribution is -0.552. The number of rotatable bonds is 0. The van der Waals surface area contributed by atoms with Gasteiger partial charge in [-0.3, -0.25) is 0 Å². The SMILES string of the molecule is C=C.Cl.Cl.Cl.N. The first-order valence-corrected chi connectivity index (χ1v) is 0.500. The maximum absolute atomic E-state index is 3.00. The lowest BCUT2D eigenvalue weighted by molar-refractivity contribution is 2.13. The average molecular weight is 154 g/mol. The Morgan fingerprint density at radius 3 is 0.667 bits per heavy atom. The molecule has 0 spiro atoms. The van der Waals surface area contributed by atoms with Gasteiger partial charge < -0.3 is 6.15 Å². The normalized spacial score (nSPS) is 0.667. The smallest absolute Gasteiger partial charge is 0.106 e. The minimum Gasteiger partial charge on any atom is -0.344 e. The molecule has 0 aliphatic heterocycles. The summed E-state index contributed by atoms with van der Waals surface area (Å²) in [5, 5.41) is 0. The minimum atomic E-state index is 0. The first-order valence-electron chi connectivity index (χ1n) is 0.500. The maximum Gasteiger partial charge on any atom is -0.106 e. The predicted octanol–water partition coefficient (Wildman–Crippen LogP) is 2.23. The molecule has 0 aromatic heterocycles. The topological polar surface area (TPSA) is 35.0 Å². The Morgan fingerprint density at radius 2 is 0.667 bits per heavy atom. The van der Waals surface area contributed by atoms with Crippen molar-refractivity contribution in [3.8, 4) is 0 Å². The molecule has 0 aliphatic carbocycles. The van der Waals surface area contributed by atoms with Gasteiger partial charge in [0.25, 0.3) is 0 Å². The molecular weight excluding hydrogens is 144 g/mol. The zero-order valence-corrected chi connectivity index (χ0v) is 5.80. The molecule has 0 rings (SSSR count). The van der Waals surface area contributed by atoms with Crippen molar-refractivity contribution in [2.24, 2.45) is 0 Å². The zero-order valence-electron chi connectivity index (χ0n) is 3.35. The molecule has 0 heterocycles. The van der Waals surface area contributed by atoms with Crippen LogP contribution in [0.15, 0.2) is 13.2 Å². The van der Waals surface area contributed by atoms with Crippen LogP contribution in [0.2, 0.25) is 0 Å². The van der Waals surface area contributed by atoms with Gasteiger partial charge in [-0.25, -0.2) is 0 Å². The highest BCUT2D eigenvalue weighted by atomic mass is 35.5. The van der Waals surface area contributed by atoms with E-state index in [1.165, 1.54) is 0 Å². The Bertz CT molecular complexity index is 8.75. The lowest BCUT2D eigenvalue weighted by atomic mass is 11.3. The van der Waals surface area contributed by atoms with Gasteiger partial charge in [0.2, 0.25) is 0 Å². The van der Waals surface area contributed by atoms with E-state index in [-0.39, 0.29) is 43.4 Å². The van der Waals surface area contributed by atoms with Gasteiger partial charge in [0.05, 0.1) is 0 Å². The van der Waals surface area contributed by atoms with Crippen molar-refractivity contribution in [2.75, 3.05) is 0 Å². The fraction of sp³-hybridized carbons (Fsp3) is 0. The van der Waals surface area contributed by atoms with E-state index in [0.29, 0.717) is 0 Å². The van der Waals surface area contributed by atoms with E-state index < -0.39 is 0 Å². The summed E-state index contributed by atoms with van der Waals surface area (Å²) in [7, 11) is 0. The first-order chi connectivity index (χ1) is 1.00. The molecule has 0 aromatic carbocycles. The highest BCUT2D eigenvalue weighted by molar-refractivity contribution is 5.86. The molecule has 0 unspecified atom stereocenters. The van der Waals surface area contributed by atoms with Gasteiger partial charge in [-0.05, 0) is 0 Å². The fourth-order valence-corrected chi connectivity index (χ4v) is 0. The Balaban J connectivity index is -0.000000000833. The molecule has 0 aliphatic rings. The Morgan fingerprint density at radius 1 is 0.667 bits per heavy atom. The quantitative estimate of drug-likeness (QED) is 0.534. The number of halogens is 3. The molecule has 0 fully saturated rings. The molecule has 4 heteroatoms. The fourth-order valence-electron chi connectivity index (χ4n) is 0. The first kappa shape index (κ1) is 82.7. The van der Waals surface area contributed by atoms with E-state index in [1.807, 2.05) is 0 Å². The summed E-state index contributed by atoms with van der Waals surface area (Å²) >= 11 is 0. The van der Waals surface area contributed by atoms with E-state index in [9.17, 15) is 0 Å². The van der Waals surface area contributed by atoms with Crippen LogP contribution in [0.4, 0.5) is 0 Å². The van der Waals surface area contributed by atoms with Crippen molar-refractivity contribution in [3.63, 3.8) is 0 Å². The van der Waals surface area contributed by atoms with E-state index >= 15 is 0 Å². The summed E-state index contributed by atoms with van der Waals surface area (Å²) in [6.07, 6.45) is 0. The van der Waals surface area contributed by atoms with E-state index in [2.05, 4.69) is 13.2 Å². The number of hydrogen-bond donors (Lipinski definition) is 1. The standard InChI is InChI=1S/C2H4.3ClH.H3N/c1-2;;;;/h1-2H2;3*1H;1H3. The highest BCUT2D eigenvalue weighted by Crippen LogP contribution is 0.862. The van der Waals surface area contributed by atoms with Gasteiger partial charge in [0, 0.05) is 0 Å². The van der Waals surface area contributed by atoms with Crippen molar-refractivity contribution < 1.29 is 0 Å². The molecule has 0 amide bonds. The Hall–Kier alpha value is 0.570. The van der Waals surface area contributed by atoms with Crippen molar-refractivity contribution in [1.82, 2.24) is 6.15 Å². The molecule has 0 atom stereocenters. The van der Waals surface area contributed by atoms with Crippen LogP contribution in [-0.4, -0.2) is 0 Å². The molecular formula is C2H10Cl3N. The predicted molar refractivity (Wildman–Crippen MR) is 38.0 cm³/mol. The summed E-state index contributed by atoms with van der Waals surface area (Å²) in [6.45, 7) is 6.00. The second-order valence-corrected chi connectivity index (χ2v) is 0. The molecule has 0 radical (unpaired) electrons. The Labute approximate surface area is 57.0 Å². The van der Waals surface area contributed by atoms with Crippen LogP contribution in [0.5, 0.6) is 0 Å². The van der Waals surface area contributed by atoms with Gasteiger partial charge >= 0.3 is 0 Å². The summed E-state index contributed by atoms with van der Waals surface area (Å²) in [4.78, 5) is 0. The third kappa shape index (κ3) is 179. The zero-order chi connectivity index (χ0) is 2.00. The van der Waals surface area contributed by atoms with Crippen LogP contribution in [0, 0.1) is 0 Å². The molecule has 6 heavy (non-hydrogen) atoms. The van der Waals surface area contributed by atoms with Crippen molar-refractivity contribution >= 4 is 37.2 Å². The van der Waals surface area contributed by atoms with Crippen LogP contribution in [0.3, 0.4) is 0 Å². The van der Waals surface area contributed by atoms with Crippen molar-refractivity contribution in [1.29, 1.82) is 0 Å². The second-order valence-electron chi connectivity index (χ2n) is 0. The largest absolute Gasteiger partial charge is 0.344 e. The van der Waals surface area contributed by atoms with E-state index in [0.717, 1.165) is 0 Å². The molecule has 0 bridgehead atoms. The highest BCUT2D eigenvalue weighted by Gasteiger charge is 0.601. The second kappa shape index (κ2) is 358. The Kier molecular flexibility index (Phi) is 4930.